The third kappa shape index (κ3) is 3.48. The molecule has 5 nitrogen and oxygen atoms in total. The van der Waals surface area contributed by atoms with Crippen molar-refractivity contribution in [1.82, 2.24) is 19.7 Å². The predicted molar refractivity (Wildman–Crippen MR) is 101 cm³/mol. The van der Waals surface area contributed by atoms with Crippen LogP contribution < -0.4 is 4.74 Å². The van der Waals surface area contributed by atoms with Crippen LogP contribution in [-0.4, -0.2) is 33.3 Å². The molecule has 0 spiro atoms. The van der Waals surface area contributed by atoms with Crippen molar-refractivity contribution in [3.05, 3.63) is 71.8 Å². The Bertz CT molecular complexity index is 858. The van der Waals surface area contributed by atoms with E-state index in [1.54, 1.807) is 17.3 Å². The number of benzene rings is 2. The molecule has 0 radical (unpaired) electrons. The third-order valence-electron chi connectivity index (χ3n) is 5.12. The van der Waals surface area contributed by atoms with Gasteiger partial charge < -0.3 is 4.74 Å². The molecular formula is C21H24N4O. The molecule has 0 amide bonds. The second-order valence-electron chi connectivity index (χ2n) is 6.92. The number of hydrogen-bond donors (Lipinski definition) is 0. The maximum absolute atomic E-state index is 5.72. The molecule has 0 bridgehead atoms. The topological polar surface area (TPSA) is 43.2 Å². The van der Waals surface area contributed by atoms with Gasteiger partial charge in [-0.3, -0.25) is 4.90 Å². The Hall–Kier alpha value is -2.66. The van der Waals surface area contributed by atoms with Gasteiger partial charge in [-0.2, -0.15) is 5.10 Å². The van der Waals surface area contributed by atoms with Gasteiger partial charge in [0.05, 0.1) is 12.3 Å². The third-order valence-corrected chi connectivity index (χ3v) is 5.12. The molecule has 0 aliphatic carbocycles. The highest BCUT2D eigenvalue weighted by atomic mass is 16.5. The zero-order valence-corrected chi connectivity index (χ0v) is 15.3. The normalized spacial score (nSPS) is 14.7. The van der Waals surface area contributed by atoms with Crippen molar-refractivity contribution in [3.8, 4) is 11.4 Å². The van der Waals surface area contributed by atoms with Crippen molar-refractivity contribution >= 4 is 0 Å². The molecule has 0 N–H and O–H groups in total. The molecular weight excluding hydrogens is 324 g/mol. The van der Waals surface area contributed by atoms with Gasteiger partial charge in [-0.1, -0.05) is 24.3 Å². The number of aryl methyl sites for hydroxylation is 1. The van der Waals surface area contributed by atoms with Crippen molar-refractivity contribution in [3.63, 3.8) is 0 Å². The Morgan fingerprint density at radius 2 is 2.04 bits per heavy atom. The second kappa shape index (κ2) is 7.30. The summed E-state index contributed by atoms with van der Waals surface area (Å²) in [6.45, 7) is 4.00. The van der Waals surface area contributed by atoms with E-state index in [0.29, 0.717) is 6.04 Å². The first-order valence-corrected chi connectivity index (χ1v) is 9.10. The van der Waals surface area contributed by atoms with Gasteiger partial charge in [-0.05, 0) is 61.7 Å². The first-order valence-electron chi connectivity index (χ1n) is 9.10. The number of fused-ring (bicyclic) bond motifs is 1. The average molecular weight is 348 g/mol. The van der Waals surface area contributed by atoms with Crippen molar-refractivity contribution in [2.75, 3.05) is 13.7 Å². The summed E-state index contributed by atoms with van der Waals surface area (Å²) in [6.07, 6.45) is 5.49. The highest BCUT2D eigenvalue weighted by Gasteiger charge is 2.15. The molecule has 2 heterocycles. The van der Waals surface area contributed by atoms with E-state index in [2.05, 4.69) is 71.4 Å². The van der Waals surface area contributed by atoms with Gasteiger partial charge in [0.2, 0.25) is 0 Å². The van der Waals surface area contributed by atoms with Crippen LogP contribution in [0.3, 0.4) is 0 Å². The Balaban J connectivity index is 1.45. The highest BCUT2D eigenvalue weighted by Crippen LogP contribution is 2.27. The summed E-state index contributed by atoms with van der Waals surface area (Å²) in [5, 5.41) is 4.17. The lowest BCUT2D eigenvalue weighted by Gasteiger charge is -2.26. The Morgan fingerprint density at radius 3 is 2.81 bits per heavy atom. The fourth-order valence-electron chi connectivity index (χ4n) is 3.44. The summed E-state index contributed by atoms with van der Waals surface area (Å²) in [7, 11) is 2.17. The number of aromatic nitrogens is 3. The van der Waals surface area contributed by atoms with E-state index in [1.807, 2.05) is 0 Å². The van der Waals surface area contributed by atoms with Crippen LogP contribution in [0, 0.1) is 0 Å². The van der Waals surface area contributed by atoms with Crippen LogP contribution in [0.15, 0.2) is 55.1 Å². The fraction of sp³-hybridized carbons (Fsp3) is 0.333. The van der Waals surface area contributed by atoms with Crippen molar-refractivity contribution in [1.29, 1.82) is 0 Å². The van der Waals surface area contributed by atoms with Crippen LogP contribution in [0.2, 0.25) is 0 Å². The summed E-state index contributed by atoms with van der Waals surface area (Å²) >= 11 is 0. The van der Waals surface area contributed by atoms with Gasteiger partial charge >= 0.3 is 0 Å². The minimum atomic E-state index is 0.326. The summed E-state index contributed by atoms with van der Waals surface area (Å²) in [5.41, 5.74) is 4.99. The van der Waals surface area contributed by atoms with Gasteiger partial charge in [-0.15, -0.1) is 0 Å². The summed E-state index contributed by atoms with van der Waals surface area (Å²) in [4.78, 5) is 6.37. The first kappa shape index (κ1) is 16.8. The Morgan fingerprint density at radius 1 is 1.19 bits per heavy atom. The van der Waals surface area contributed by atoms with E-state index in [9.17, 15) is 0 Å². The fourth-order valence-corrected chi connectivity index (χ4v) is 3.44. The van der Waals surface area contributed by atoms with E-state index >= 15 is 0 Å². The zero-order chi connectivity index (χ0) is 17.9. The van der Waals surface area contributed by atoms with Crippen molar-refractivity contribution < 1.29 is 4.74 Å². The molecule has 1 unspecified atom stereocenters. The molecule has 3 aromatic rings. The van der Waals surface area contributed by atoms with E-state index < -0.39 is 0 Å². The molecule has 0 fully saturated rings. The lowest BCUT2D eigenvalue weighted by molar-refractivity contribution is 0.252. The Kier molecular flexibility index (Phi) is 4.71. The van der Waals surface area contributed by atoms with Gasteiger partial charge in [0.1, 0.15) is 18.4 Å². The number of rotatable bonds is 5. The van der Waals surface area contributed by atoms with Crippen LogP contribution in [0.1, 0.15) is 36.1 Å². The quantitative estimate of drug-likeness (QED) is 0.704. The van der Waals surface area contributed by atoms with Crippen molar-refractivity contribution in [2.45, 2.75) is 32.4 Å². The van der Waals surface area contributed by atoms with E-state index in [4.69, 9.17) is 4.74 Å². The molecule has 2 aromatic carbocycles. The number of hydrogen-bond acceptors (Lipinski definition) is 4. The van der Waals surface area contributed by atoms with Gasteiger partial charge in [-0.25, -0.2) is 9.67 Å². The first-order chi connectivity index (χ1) is 12.7. The van der Waals surface area contributed by atoms with Crippen LogP contribution in [0.4, 0.5) is 0 Å². The Labute approximate surface area is 154 Å². The lowest BCUT2D eigenvalue weighted by Crippen LogP contribution is -2.22. The van der Waals surface area contributed by atoms with E-state index in [-0.39, 0.29) is 0 Å². The van der Waals surface area contributed by atoms with E-state index in [1.165, 1.54) is 16.7 Å². The maximum Gasteiger partial charge on any atom is 0.138 e. The van der Waals surface area contributed by atoms with Gasteiger partial charge in [0, 0.05) is 12.6 Å². The summed E-state index contributed by atoms with van der Waals surface area (Å²) in [6, 6.07) is 15.4. The predicted octanol–water partition coefficient (Wildman–Crippen LogP) is 3.79. The zero-order valence-electron chi connectivity index (χ0n) is 15.3. The van der Waals surface area contributed by atoms with Crippen LogP contribution in [0.25, 0.3) is 5.69 Å². The lowest BCUT2D eigenvalue weighted by atomic mass is 10.0. The van der Waals surface area contributed by atoms with Crippen LogP contribution >= 0.6 is 0 Å². The standard InChI is InChI=1S/C21H24N4O/c1-16(18-6-8-20(9-7-18)25-15-22-14-23-25)24(2)13-17-5-10-21-19(12-17)4-3-11-26-21/h5-10,12,14-16H,3-4,11,13H2,1-2H3. The smallest absolute Gasteiger partial charge is 0.138 e. The minimum absolute atomic E-state index is 0.326. The molecule has 1 aliphatic rings. The van der Waals surface area contributed by atoms with Gasteiger partial charge in [0.25, 0.3) is 0 Å². The molecule has 1 aromatic heterocycles. The largest absolute Gasteiger partial charge is 0.493 e. The molecule has 26 heavy (non-hydrogen) atoms. The minimum Gasteiger partial charge on any atom is -0.493 e. The molecule has 5 heteroatoms. The highest BCUT2D eigenvalue weighted by molar-refractivity contribution is 5.39. The molecule has 134 valence electrons. The second-order valence-corrected chi connectivity index (χ2v) is 6.92. The molecule has 4 rings (SSSR count). The molecule has 1 atom stereocenters. The summed E-state index contributed by atoms with van der Waals surface area (Å²) < 4.78 is 7.49. The average Bonchev–Trinajstić information content (AvgIpc) is 3.22. The molecule has 1 aliphatic heterocycles. The van der Waals surface area contributed by atoms with Crippen molar-refractivity contribution in [2.24, 2.45) is 0 Å². The maximum atomic E-state index is 5.72. The molecule has 0 saturated carbocycles. The summed E-state index contributed by atoms with van der Waals surface area (Å²) in [5.74, 6) is 1.06. The molecule has 0 saturated heterocycles. The SMILES string of the molecule is CC(c1ccc(-n2cncn2)cc1)N(C)Cc1ccc2c(c1)CCCO2. The van der Waals surface area contributed by atoms with Gasteiger partial charge in [0.15, 0.2) is 0 Å². The van der Waals surface area contributed by atoms with E-state index in [0.717, 1.165) is 37.4 Å². The van der Waals surface area contributed by atoms with Crippen LogP contribution in [0.5, 0.6) is 5.75 Å². The number of nitrogens with zero attached hydrogens (tertiary/aromatic N) is 4. The number of ether oxygens (including phenoxy) is 1. The van der Waals surface area contributed by atoms with Crippen LogP contribution in [-0.2, 0) is 13.0 Å². The monoisotopic (exact) mass is 348 g/mol.